The van der Waals surface area contributed by atoms with Crippen LogP contribution in [0.3, 0.4) is 0 Å². The number of fused-ring (bicyclic) bond motifs is 1. The Bertz CT molecular complexity index is 429. The van der Waals surface area contributed by atoms with Crippen LogP contribution in [0.5, 0.6) is 0 Å². The Balaban J connectivity index is 2.16. The molecule has 2 rings (SSSR count). The average Bonchev–Trinajstić information content (AvgIpc) is 2.65. The van der Waals surface area contributed by atoms with Crippen molar-refractivity contribution in [1.82, 2.24) is 4.90 Å². The molecule has 92 valence electrons. The number of likely N-dealkylation sites (N-methyl/N-ethyl adjacent to an activating group) is 2. The van der Waals surface area contributed by atoms with Crippen LogP contribution in [0, 0.1) is 0 Å². The van der Waals surface area contributed by atoms with Crippen molar-refractivity contribution >= 4 is 17.3 Å². The molecular weight excluding hydrogens is 214 g/mol. The molecule has 0 atom stereocenters. The maximum absolute atomic E-state index is 11.4. The fourth-order valence-corrected chi connectivity index (χ4v) is 2.06. The molecule has 4 heteroatoms. The first-order valence-corrected chi connectivity index (χ1v) is 5.85. The van der Waals surface area contributed by atoms with Gasteiger partial charge in [0.25, 0.3) is 0 Å². The van der Waals surface area contributed by atoms with Crippen LogP contribution in [0.1, 0.15) is 5.56 Å². The minimum absolute atomic E-state index is 0.0912. The van der Waals surface area contributed by atoms with Gasteiger partial charge in [-0.25, -0.2) is 0 Å². The van der Waals surface area contributed by atoms with Crippen molar-refractivity contribution < 1.29 is 4.79 Å². The molecule has 1 aliphatic heterocycles. The van der Waals surface area contributed by atoms with E-state index in [1.54, 1.807) is 0 Å². The summed E-state index contributed by atoms with van der Waals surface area (Å²) in [6.45, 7) is 1.96. The second-order valence-corrected chi connectivity index (χ2v) is 4.75. The molecule has 0 unspecified atom stereocenters. The number of rotatable bonds is 4. The smallest absolute Gasteiger partial charge is 0.228 e. The molecule has 0 aliphatic carbocycles. The lowest BCUT2D eigenvalue weighted by atomic mass is 10.1. The van der Waals surface area contributed by atoms with Crippen molar-refractivity contribution in [2.24, 2.45) is 0 Å². The number of anilines is 2. The molecule has 4 nitrogen and oxygen atoms in total. The third-order valence-electron chi connectivity index (χ3n) is 3.06. The van der Waals surface area contributed by atoms with Crippen molar-refractivity contribution in [1.29, 1.82) is 0 Å². The van der Waals surface area contributed by atoms with Gasteiger partial charge in [0.15, 0.2) is 0 Å². The maximum Gasteiger partial charge on any atom is 0.228 e. The second-order valence-electron chi connectivity index (χ2n) is 4.75. The summed E-state index contributed by atoms with van der Waals surface area (Å²) < 4.78 is 0. The van der Waals surface area contributed by atoms with Crippen LogP contribution in [-0.2, 0) is 11.2 Å². The Hall–Kier alpha value is -1.55. The normalized spacial score (nSPS) is 13.8. The number of nitrogens with zero attached hydrogens (tertiary/aromatic N) is 2. The molecule has 0 spiro atoms. The van der Waals surface area contributed by atoms with E-state index in [0.717, 1.165) is 30.0 Å². The van der Waals surface area contributed by atoms with E-state index in [2.05, 4.69) is 42.3 Å². The highest BCUT2D eigenvalue weighted by molar-refractivity contribution is 6.01. The summed E-state index contributed by atoms with van der Waals surface area (Å²) in [6.07, 6.45) is 0.498. The van der Waals surface area contributed by atoms with Crippen LogP contribution < -0.4 is 10.2 Å². The minimum atomic E-state index is 0.0912. The molecule has 0 aromatic heterocycles. The van der Waals surface area contributed by atoms with Gasteiger partial charge in [0.1, 0.15) is 0 Å². The van der Waals surface area contributed by atoms with Gasteiger partial charge in [-0.15, -0.1) is 0 Å². The standard InChI is InChI=1S/C13H19N3O/c1-15(2)7-8-16(3)12-6-4-5-11-10(12)9-13(17)14-11/h4-6H,7-9H2,1-3H3,(H,14,17). The van der Waals surface area contributed by atoms with E-state index in [4.69, 9.17) is 0 Å². The highest BCUT2D eigenvalue weighted by Gasteiger charge is 2.21. The predicted octanol–water partition coefficient (Wildman–Crippen LogP) is 1.18. The zero-order chi connectivity index (χ0) is 12.4. The van der Waals surface area contributed by atoms with Gasteiger partial charge in [0.2, 0.25) is 5.91 Å². The number of hydrogen-bond donors (Lipinski definition) is 1. The van der Waals surface area contributed by atoms with Crippen molar-refractivity contribution in [2.75, 3.05) is 44.4 Å². The third-order valence-corrected chi connectivity index (χ3v) is 3.06. The van der Waals surface area contributed by atoms with Gasteiger partial charge in [-0.2, -0.15) is 0 Å². The quantitative estimate of drug-likeness (QED) is 0.848. The van der Waals surface area contributed by atoms with E-state index in [1.165, 1.54) is 0 Å². The molecular formula is C13H19N3O. The summed E-state index contributed by atoms with van der Waals surface area (Å²) in [7, 11) is 6.20. The Kier molecular flexibility index (Phi) is 3.33. The summed E-state index contributed by atoms with van der Waals surface area (Å²) in [5, 5.41) is 2.88. The first-order valence-electron chi connectivity index (χ1n) is 5.85. The Morgan fingerprint density at radius 2 is 2.00 bits per heavy atom. The lowest BCUT2D eigenvalue weighted by Gasteiger charge is -2.23. The second kappa shape index (κ2) is 4.75. The molecule has 0 fully saturated rings. The molecule has 0 saturated carbocycles. The SMILES string of the molecule is CN(C)CCN(C)c1cccc2c1CC(=O)N2. The molecule has 0 saturated heterocycles. The van der Waals surface area contributed by atoms with Crippen LogP contribution in [0.15, 0.2) is 18.2 Å². The number of nitrogens with one attached hydrogen (secondary N) is 1. The lowest BCUT2D eigenvalue weighted by molar-refractivity contribution is -0.115. The number of carbonyl (C=O) groups excluding carboxylic acids is 1. The highest BCUT2D eigenvalue weighted by atomic mass is 16.1. The van der Waals surface area contributed by atoms with Crippen LogP contribution in [0.2, 0.25) is 0 Å². The number of carbonyl (C=O) groups is 1. The van der Waals surface area contributed by atoms with Crippen molar-refractivity contribution in [3.05, 3.63) is 23.8 Å². The molecule has 1 amide bonds. The van der Waals surface area contributed by atoms with Crippen LogP contribution in [-0.4, -0.2) is 45.0 Å². The van der Waals surface area contributed by atoms with Crippen LogP contribution in [0.25, 0.3) is 0 Å². The van der Waals surface area contributed by atoms with E-state index in [9.17, 15) is 4.79 Å². The van der Waals surface area contributed by atoms with Crippen LogP contribution >= 0.6 is 0 Å². The summed E-state index contributed by atoms with van der Waals surface area (Å²) >= 11 is 0. The van der Waals surface area contributed by atoms with Gasteiger partial charge in [-0.3, -0.25) is 4.79 Å². The molecule has 0 bridgehead atoms. The van der Waals surface area contributed by atoms with Crippen molar-refractivity contribution in [2.45, 2.75) is 6.42 Å². The molecule has 1 aromatic rings. The molecule has 1 aromatic carbocycles. The monoisotopic (exact) mass is 233 g/mol. The summed E-state index contributed by atoms with van der Waals surface area (Å²) in [6, 6.07) is 6.03. The zero-order valence-electron chi connectivity index (χ0n) is 10.7. The minimum Gasteiger partial charge on any atom is -0.373 e. The van der Waals surface area contributed by atoms with Crippen molar-refractivity contribution in [3.63, 3.8) is 0 Å². The van der Waals surface area contributed by atoms with E-state index >= 15 is 0 Å². The van der Waals surface area contributed by atoms with Gasteiger partial charge in [-0.05, 0) is 26.2 Å². The van der Waals surface area contributed by atoms with Gasteiger partial charge >= 0.3 is 0 Å². The first kappa shape index (κ1) is 11.9. The van der Waals surface area contributed by atoms with E-state index in [1.807, 2.05) is 12.1 Å². The lowest BCUT2D eigenvalue weighted by Crippen LogP contribution is -2.29. The third kappa shape index (κ3) is 2.58. The first-order chi connectivity index (χ1) is 8.08. The largest absolute Gasteiger partial charge is 0.373 e. The van der Waals surface area contributed by atoms with Gasteiger partial charge in [0.05, 0.1) is 6.42 Å². The van der Waals surface area contributed by atoms with Gasteiger partial charge in [-0.1, -0.05) is 6.07 Å². The Labute approximate surface area is 102 Å². The van der Waals surface area contributed by atoms with E-state index < -0.39 is 0 Å². The topological polar surface area (TPSA) is 35.6 Å². The summed E-state index contributed by atoms with van der Waals surface area (Å²) in [5.74, 6) is 0.0912. The molecule has 1 aliphatic rings. The van der Waals surface area contributed by atoms with E-state index in [0.29, 0.717) is 6.42 Å². The van der Waals surface area contributed by atoms with Crippen molar-refractivity contribution in [3.8, 4) is 0 Å². The number of hydrogen-bond acceptors (Lipinski definition) is 3. The molecule has 1 heterocycles. The summed E-state index contributed by atoms with van der Waals surface area (Å²) in [5.41, 5.74) is 3.24. The molecule has 0 radical (unpaired) electrons. The van der Waals surface area contributed by atoms with Gasteiger partial charge < -0.3 is 15.1 Å². The predicted molar refractivity (Wildman–Crippen MR) is 70.6 cm³/mol. The van der Waals surface area contributed by atoms with Gasteiger partial charge in [0, 0.05) is 37.1 Å². The van der Waals surface area contributed by atoms with E-state index in [-0.39, 0.29) is 5.91 Å². The maximum atomic E-state index is 11.4. The number of benzene rings is 1. The zero-order valence-corrected chi connectivity index (χ0v) is 10.7. The average molecular weight is 233 g/mol. The fourth-order valence-electron chi connectivity index (χ4n) is 2.06. The highest BCUT2D eigenvalue weighted by Crippen LogP contribution is 2.31. The molecule has 17 heavy (non-hydrogen) atoms. The fraction of sp³-hybridized carbons (Fsp3) is 0.462. The number of amides is 1. The Morgan fingerprint density at radius 3 is 2.71 bits per heavy atom. The molecule has 1 N–H and O–H groups in total. The Morgan fingerprint density at radius 1 is 1.24 bits per heavy atom. The summed E-state index contributed by atoms with van der Waals surface area (Å²) in [4.78, 5) is 15.8. The van der Waals surface area contributed by atoms with Crippen LogP contribution in [0.4, 0.5) is 11.4 Å².